The molecule has 1 aliphatic rings. The molecule has 0 aliphatic heterocycles. The molecule has 0 radical (unpaired) electrons. The normalized spacial score (nSPS) is 11.7. The Kier molecular flexibility index (Phi) is 8.66. The molecular weight excluding hydrogens is 343 g/mol. The first-order chi connectivity index (χ1) is 6.84. The number of hydrogen-bond acceptors (Lipinski definition) is 1. The molecule has 0 aromatic heterocycles. The van der Waals surface area contributed by atoms with Gasteiger partial charge >= 0.3 is 0 Å². The molecule has 0 atom stereocenters. The first kappa shape index (κ1) is 14.6. The van der Waals surface area contributed by atoms with Crippen LogP contribution in [0.15, 0.2) is 66.0 Å². The molecular formula is C12H12FeIO-. The number of aliphatic hydroxyl groups excluding tert-OH is 1. The van der Waals surface area contributed by atoms with E-state index in [2.05, 4.69) is 22.6 Å². The first-order valence-electron chi connectivity index (χ1n) is 4.34. The zero-order valence-corrected chi connectivity index (χ0v) is 11.3. The number of rotatable bonds is 1. The Hall–Kier alpha value is -0.381. The number of allylic oxidation sites excluding steroid dienone is 6. The van der Waals surface area contributed by atoms with Crippen LogP contribution >= 0.6 is 22.6 Å². The molecule has 1 aliphatic carbocycles. The Morgan fingerprint density at radius 3 is 2.07 bits per heavy atom. The smallest absolute Gasteiger partial charge is 0.109 e. The summed E-state index contributed by atoms with van der Waals surface area (Å²) >= 11 is 2.13. The molecule has 0 spiro atoms. The van der Waals surface area contributed by atoms with Gasteiger partial charge in [0, 0.05) is 22.6 Å². The third-order valence-electron chi connectivity index (χ3n) is 1.68. The second-order valence-corrected chi connectivity index (χ2v) is 3.48. The van der Waals surface area contributed by atoms with Gasteiger partial charge in [0.15, 0.2) is 0 Å². The van der Waals surface area contributed by atoms with Gasteiger partial charge in [-0.1, -0.05) is 46.9 Å². The van der Waals surface area contributed by atoms with E-state index in [0.717, 1.165) is 5.57 Å². The summed E-state index contributed by atoms with van der Waals surface area (Å²) in [5.41, 5.74) is 0.935. The molecule has 15 heavy (non-hydrogen) atoms. The Bertz CT molecular complexity index is 305. The average molecular weight is 355 g/mol. The number of hydrogen-bond donors (Lipinski definition) is 1. The van der Waals surface area contributed by atoms with Crippen LogP contribution in [-0.2, 0) is 17.1 Å². The van der Waals surface area contributed by atoms with Crippen molar-refractivity contribution in [1.82, 2.24) is 0 Å². The van der Waals surface area contributed by atoms with E-state index in [1.165, 1.54) is 0 Å². The summed E-state index contributed by atoms with van der Waals surface area (Å²) in [7, 11) is 0. The van der Waals surface area contributed by atoms with Crippen LogP contribution < -0.4 is 0 Å². The minimum absolute atomic E-state index is 0. The van der Waals surface area contributed by atoms with Crippen molar-refractivity contribution in [1.29, 1.82) is 0 Å². The summed E-state index contributed by atoms with van der Waals surface area (Å²) in [5.74, 6) is 0.459. The van der Waals surface area contributed by atoms with Gasteiger partial charge in [-0.2, -0.15) is 18.2 Å². The number of halogens is 1. The van der Waals surface area contributed by atoms with Crippen LogP contribution in [0.2, 0.25) is 0 Å². The van der Waals surface area contributed by atoms with Crippen LogP contribution in [0.5, 0.6) is 0 Å². The van der Waals surface area contributed by atoms with E-state index in [-0.39, 0.29) is 17.1 Å². The van der Waals surface area contributed by atoms with Gasteiger partial charge in [-0.3, -0.25) is 0 Å². The summed E-state index contributed by atoms with van der Waals surface area (Å²) in [6, 6.07) is 10.0. The number of aliphatic hydroxyl groups is 1. The van der Waals surface area contributed by atoms with Crippen LogP contribution in [0, 0.1) is 0 Å². The SMILES string of the molecule is OC(CI)=C1C=CC=C1.[Fe].c1cc[cH-]c1. The topological polar surface area (TPSA) is 20.2 Å². The third-order valence-corrected chi connectivity index (χ3v) is 2.40. The molecule has 0 heterocycles. The summed E-state index contributed by atoms with van der Waals surface area (Å²) in [5, 5.41) is 9.13. The van der Waals surface area contributed by atoms with Gasteiger partial charge < -0.3 is 5.11 Å². The van der Waals surface area contributed by atoms with Crippen molar-refractivity contribution in [3.63, 3.8) is 0 Å². The maximum atomic E-state index is 9.13. The van der Waals surface area contributed by atoms with E-state index in [9.17, 15) is 0 Å². The molecule has 1 N–H and O–H groups in total. The van der Waals surface area contributed by atoms with Gasteiger partial charge in [-0.05, 0) is 0 Å². The zero-order valence-electron chi connectivity index (χ0n) is 8.08. The average Bonchev–Trinajstić information content (AvgIpc) is 2.91. The van der Waals surface area contributed by atoms with E-state index in [4.69, 9.17) is 5.11 Å². The van der Waals surface area contributed by atoms with Crippen molar-refractivity contribution in [3.05, 3.63) is 66.0 Å². The summed E-state index contributed by atoms with van der Waals surface area (Å²) in [6.45, 7) is 0. The Labute approximate surface area is 115 Å². The largest absolute Gasteiger partial charge is 0.511 e. The van der Waals surface area contributed by atoms with Crippen molar-refractivity contribution in [3.8, 4) is 0 Å². The maximum absolute atomic E-state index is 9.13. The molecule has 0 saturated heterocycles. The van der Waals surface area contributed by atoms with Gasteiger partial charge in [0.2, 0.25) is 0 Å². The molecule has 1 aromatic rings. The number of alkyl halides is 1. The van der Waals surface area contributed by atoms with Crippen molar-refractivity contribution in [2.45, 2.75) is 0 Å². The van der Waals surface area contributed by atoms with Crippen LogP contribution in [0.4, 0.5) is 0 Å². The molecule has 2 rings (SSSR count). The third kappa shape index (κ3) is 5.92. The predicted octanol–water partition coefficient (Wildman–Crippen LogP) is 3.76. The van der Waals surface area contributed by atoms with Crippen LogP contribution in [0.1, 0.15) is 0 Å². The van der Waals surface area contributed by atoms with Crippen molar-refractivity contribution < 1.29 is 22.2 Å². The van der Waals surface area contributed by atoms with Gasteiger partial charge in [-0.25, -0.2) is 12.1 Å². The quantitative estimate of drug-likeness (QED) is 0.267. The minimum atomic E-state index is 0. The van der Waals surface area contributed by atoms with Crippen LogP contribution in [0.25, 0.3) is 0 Å². The van der Waals surface area contributed by atoms with Crippen molar-refractivity contribution >= 4 is 22.6 Å². The molecule has 0 saturated carbocycles. The Morgan fingerprint density at radius 2 is 1.73 bits per heavy atom. The van der Waals surface area contributed by atoms with Gasteiger partial charge in [-0.15, -0.1) is 0 Å². The minimum Gasteiger partial charge on any atom is -0.511 e. The fourth-order valence-corrected chi connectivity index (χ4v) is 1.40. The Morgan fingerprint density at radius 1 is 1.20 bits per heavy atom. The van der Waals surface area contributed by atoms with Crippen LogP contribution in [0.3, 0.4) is 0 Å². The fourth-order valence-electron chi connectivity index (χ4n) is 0.964. The molecule has 82 valence electrons. The van der Waals surface area contributed by atoms with E-state index in [1.54, 1.807) is 0 Å². The molecule has 0 unspecified atom stereocenters. The first-order valence-corrected chi connectivity index (χ1v) is 5.86. The molecule has 0 bridgehead atoms. The van der Waals surface area contributed by atoms with Crippen molar-refractivity contribution in [2.24, 2.45) is 0 Å². The summed E-state index contributed by atoms with van der Waals surface area (Å²) in [4.78, 5) is 0. The molecule has 0 fully saturated rings. The van der Waals surface area contributed by atoms with E-state index >= 15 is 0 Å². The molecule has 0 amide bonds. The standard InChI is InChI=1S/C7H7IO.C5H5.Fe/c8-5-7(9)6-3-1-2-4-6;1-2-4-5-3-1;/h1-4,9H,5H2;1-5H;/q;-1;. The monoisotopic (exact) mass is 355 g/mol. The van der Waals surface area contributed by atoms with E-state index < -0.39 is 0 Å². The van der Waals surface area contributed by atoms with E-state index in [1.807, 2.05) is 54.6 Å². The second-order valence-electron chi connectivity index (χ2n) is 2.72. The second kappa shape index (κ2) is 8.89. The van der Waals surface area contributed by atoms with Crippen LogP contribution in [-0.4, -0.2) is 9.53 Å². The zero-order chi connectivity index (χ0) is 10.2. The Balaban J connectivity index is 0.000000280. The summed E-state index contributed by atoms with van der Waals surface area (Å²) < 4.78 is 0.682. The molecule has 1 aromatic carbocycles. The van der Waals surface area contributed by atoms with E-state index in [0.29, 0.717) is 10.2 Å². The molecule has 3 heteroatoms. The van der Waals surface area contributed by atoms with Gasteiger partial charge in [0.25, 0.3) is 0 Å². The fraction of sp³-hybridized carbons (Fsp3) is 0.0833. The predicted molar refractivity (Wildman–Crippen MR) is 68.9 cm³/mol. The summed E-state index contributed by atoms with van der Waals surface area (Å²) in [6.07, 6.45) is 7.62. The van der Waals surface area contributed by atoms with Crippen molar-refractivity contribution in [2.75, 3.05) is 4.43 Å². The maximum Gasteiger partial charge on any atom is 0.109 e. The van der Waals surface area contributed by atoms with Gasteiger partial charge in [0.1, 0.15) is 5.76 Å². The van der Waals surface area contributed by atoms with Gasteiger partial charge in [0.05, 0.1) is 4.43 Å². The molecule has 1 nitrogen and oxygen atoms in total.